The average molecular weight is 254 g/mol. The van der Waals surface area contributed by atoms with Gasteiger partial charge in [-0.15, -0.1) is 13.2 Å². The van der Waals surface area contributed by atoms with Crippen LogP contribution in [0.1, 0.15) is 23.1 Å². The summed E-state index contributed by atoms with van der Waals surface area (Å²) in [6, 6.07) is 9.99. The molecule has 94 valence electrons. The van der Waals surface area contributed by atoms with Crippen LogP contribution in [0.15, 0.2) is 55.1 Å². The molecule has 1 heteroatoms. The maximum atomic E-state index is 3.94. The van der Waals surface area contributed by atoms with Gasteiger partial charge >= 0.3 is 0 Å². The van der Waals surface area contributed by atoms with Gasteiger partial charge in [-0.25, -0.2) is 0 Å². The first-order chi connectivity index (χ1) is 8.60. The monoisotopic (exact) mass is 254 g/mol. The van der Waals surface area contributed by atoms with Gasteiger partial charge < -0.3 is 0 Å². The summed E-state index contributed by atoms with van der Waals surface area (Å²) in [6.07, 6.45) is 7.51. The molecular weight excluding hydrogens is 232 g/mol. The minimum Gasteiger partial charge on any atom is -0.103 e. The SMILES string of the molecule is C=CCC1=Cc2ccccc2[C@H]1[Si](C)(C)CC=C. The summed E-state index contributed by atoms with van der Waals surface area (Å²) in [5.41, 5.74) is 5.10. The highest BCUT2D eigenvalue weighted by atomic mass is 28.3. The van der Waals surface area contributed by atoms with E-state index in [4.69, 9.17) is 0 Å². The number of fused-ring (bicyclic) bond motifs is 1. The van der Waals surface area contributed by atoms with Crippen LogP contribution in [0, 0.1) is 0 Å². The quantitative estimate of drug-likeness (QED) is 0.502. The molecule has 0 heterocycles. The topological polar surface area (TPSA) is 0 Å². The molecule has 0 amide bonds. The fourth-order valence-corrected chi connectivity index (χ4v) is 6.43. The van der Waals surface area contributed by atoms with E-state index in [1.54, 1.807) is 5.57 Å². The second-order valence-electron chi connectivity index (χ2n) is 5.76. The molecule has 1 aliphatic rings. The predicted octanol–water partition coefficient (Wildman–Crippen LogP) is 5.18. The van der Waals surface area contributed by atoms with E-state index in [9.17, 15) is 0 Å². The van der Waals surface area contributed by atoms with E-state index in [1.807, 2.05) is 6.08 Å². The van der Waals surface area contributed by atoms with Crippen molar-refractivity contribution in [3.63, 3.8) is 0 Å². The molecule has 1 aromatic carbocycles. The minimum atomic E-state index is -1.36. The first-order valence-electron chi connectivity index (χ1n) is 6.61. The molecule has 0 fully saturated rings. The van der Waals surface area contributed by atoms with Crippen molar-refractivity contribution < 1.29 is 0 Å². The molecule has 1 aromatic rings. The Morgan fingerprint density at radius 3 is 2.56 bits per heavy atom. The summed E-state index contributed by atoms with van der Waals surface area (Å²) in [5.74, 6) is 0. The van der Waals surface area contributed by atoms with Crippen LogP contribution < -0.4 is 0 Å². The minimum absolute atomic E-state index is 0.629. The molecule has 0 spiro atoms. The van der Waals surface area contributed by atoms with Crippen LogP contribution in [0.25, 0.3) is 6.08 Å². The molecule has 0 aromatic heterocycles. The number of allylic oxidation sites excluding steroid dienone is 3. The zero-order valence-corrected chi connectivity index (χ0v) is 12.4. The normalized spacial score (nSPS) is 18.1. The van der Waals surface area contributed by atoms with E-state index in [0.717, 1.165) is 6.42 Å². The zero-order chi connectivity index (χ0) is 13.2. The maximum absolute atomic E-state index is 3.94. The number of hydrogen-bond donors (Lipinski definition) is 0. The average Bonchev–Trinajstić information content (AvgIpc) is 2.67. The van der Waals surface area contributed by atoms with Crippen molar-refractivity contribution in [2.24, 2.45) is 0 Å². The summed E-state index contributed by atoms with van der Waals surface area (Å²) < 4.78 is 0. The van der Waals surface area contributed by atoms with Gasteiger partial charge in [0.2, 0.25) is 0 Å². The molecule has 1 atom stereocenters. The van der Waals surface area contributed by atoms with Crippen LogP contribution in [0.2, 0.25) is 19.1 Å². The lowest BCUT2D eigenvalue weighted by molar-refractivity contribution is 1.01. The number of rotatable bonds is 5. The third kappa shape index (κ3) is 2.28. The first-order valence-corrected chi connectivity index (χ1v) is 9.90. The summed E-state index contributed by atoms with van der Waals surface area (Å²) in [5, 5.41) is 0. The summed E-state index contributed by atoms with van der Waals surface area (Å²) in [4.78, 5) is 0. The van der Waals surface area contributed by atoms with Crippen molar-refractivity contribution in [1.82, 2.24) is 0 Å². The summed E-state index contributed by atoms with van der Waals surface area (Å²) >= 11 is 0. The highest BCUT2D eigenvalue weighted by Crippen LogP contribution is 2.45. The van der Waals surface area contributed by atoms with Gasteiger partial charge in [0.25, 0.3) is 0 Å². The van der Waals surface area contributed by atoms with Gasteiger partial charge in [-0.3, -0.25) is 0 Å². The highest BCUT2D eigenvalue weighted by molar-refractivity contribution is 6.80. The van der Waals surface area contributed by atoms with E-state index < -0.39 is 8.07 Å². The summed E-state index contributed by atoms with van der Waals surface area (Å²) in [6.45, 7) is 12.8. The van der Waals surface area contributed by atoms with Crippen LogP contribution >= 0.6 is 0 Å². The molecule has 0 N–H and O–H groups in total. The largest absolute Gasteiger partial charge is 0.103 e. The third-order valence-electron chi connectivity index (χ3n) is 3.85. The van der Waals surface area contributed by atoms with Crippen molar-refractivity contribution in [2.45, 2.75) is 31.1 Å². The fourth-order valence-electron chi connectivity index (χ4n) is 3.14. The number of benzene rings is 1. The van der Waals surface area contributed by atoms with E-state index >= 15 is 0 Å². The van der Waals surface area contributed by atoms with Crippen molar-refractivity contribution in [3.8, 4) is 0 Å². The standard InChI is InChI=1S/C17H22Si/c1-5-9-15-13-14-10-7-8-11-16(14)17(15)18(3,4)12-6-2/h5-8,10-11,13,17H,1-2,9,12H2,3-4H3/t17-/m0/s1. The first kappa shape index (κ1) is 13.1. The molecule has 0 saturated carbocycles. The Balaban J connectivity index is 2.45. The Labute approximate surface area is 112 Å². The lowest BCUT2D eigenvalue weighted by atomic mass is 10.1. The Hall–Kier alpha value is -1.34. The maximum Gasteiger partial charge on any atom is 0.0637 e. The Kier molecular flexibility index (Phi) is 3.72. The van der Waals surface area contributed by atoms with Crippen molar-refractivity contribution >= 4 is 14.1 Å². The molecule has 2 rings (SSSR count). The van der Waals surface area contributed by atoms with E-state index in [2.05, 4.69) is 62.7 Å². The van der Waals surface area contributed by atoms with Gasteiger partial charge in [0.1, 0.15) is 0 Å². The molecule has 0 saturated heterocycles. The summed E-state index contributed by atoms with van der Waals surface area (Å²) in [7, 11) is -1.36. The molecule has 1 aliphatic carbocycles. The van der Waals surface area contributed by atoms with Crippen LogP contribution in [0.5, 0.6) is 0 Å². The van der Waals surface area contributed by atoms with Gasteiger partial charge in [0.15, 0.2) is 0 Å². The molecule has 0 radical (unpaired) electrons. The van der Waals surface area contributed by atoms with Gasteiger partial charge in [0.05, 0.1) is 8.07 Å². The molecule has 0 nitrogen and oxygen atoms in total. The highest BCUT2D eigenvalue weighted by Gasteiger charge is 2.37. The zero-order valence-electron chi connectivity index (χ0n) is 11.4. The van der Waals surface area contributed by atoms with Gasteiger partial charge in [-0.1, -0.05) is 61.2 Å². The van der Waals surface area contributed by atoms with Gasteiger partial charge in [-0.2, -0.15) is 0 Å². The fraction of sp³-hybridized carbons (Fsp3) is 0.294. The predicted molar refractivity (Wildman–Crippen MR) is 84.5 cm³/mol. The van der Waals surface area contributed by atoms with E-state index in [-0.39, 0.29) is 0 Å². The van der Waals surface area contributed by atoms with Crippen molar-refractivity contribution in [2.75, 3.05) is 0 Å². The van der Waals surface area contributed by atoms with Crippen molar-refractivity contribution in [3.05, 3.63) is 66.3 Å². The second-order valence-corrected chi connectivity index (χ2v) is 10.7. The lowest BCUT2D eigenvalue weighted by Crippen LogP contribution is -2.34. The lowest BCUT2D eigenvalue weighted by Gasteiger charge is -2.32. The van der Waals surface area contributed by atoms with Crippen LogP contribution in [0.4, 0.5) is 0 Å². The Morgan fingerprint density at radius 2 is 1.89 bits per heavy atom. The molecular formula is C17H22Si. The third-order valence-corrected chi connectivity index (χ3v) is 7.44. The molecule has 18 heavy (non-hydrogen) atoms. The van der Waals surface area contributed by atoms with Crippen LogP contribution in [-0.2, 0) is 0 Å². The molecule has 0 unspecified atom stereocenters. The smallest absolute Gasteiger partial charge is 0.0637 e. The Bertz CT molecular complexity index is 494. The van der Waals surface area contributed by atoms with E-state index in [1.165, 1.54) is 17.2 Å². The van der Waals surface area contributed by atoms with Gasteiger partial charge in [0, 0.05) is 5.54 Å². The van der Waals surface area contributed by atoms with Crippen LogP contribution in [-0.4, -0.2) is 8.07 Å². The van der Waals surface area contributed by atoms with E-state index in [0.29, 0.717) is 5.54 Å². The molecule has 0 aliphatic heterocycles. The Morgan fingerprint density at radius 1 is 1.17 bits per heavy atom. The molecule has 0 bridgehead atoms. The van der Waals surface area contributed by atoms with Crippen LogP contribution in [0.3, 0.4) is 0 Å². The number of hydrogen-bond acceptors (Lipinski definition) is 0. The van der Waals surface area contributed by atoms with Crippen molar-refractivity contribution in [1.29, 1.82) is 0 Å². The van der Waals surface area contributed by atoms with Gasteiger partial charge in [-0.05, 0) is 23.6 Å². The second kappa shape index (κ2) is 5.11.